The first-order chi connectivity index (χ1) is 15.2. The predicted octanol–water partition coefficient (Wildman–Crippen LogP) is 4.57. The molecule has 3 aromatic carbocycles. The SMILES string of the molecule is COc1ccccc1Nc1nc2ccc(C(=O)c3ccccc3)cc2n2c(C)nnc12. The second kappa shape index (κ2) is 7.53. The van der Waals surface area contributed by atoms with Crippen molar-refractivity contribution < 1.29 is 9.53 Å². The molecule has 0 radical (unpaired) electrons. The number of methoxy groups -OCH3 is 1. The molecular formula is C24H19N5O2. The zero-order valence-corrected chi connectivity index (χ0v) is 17.0. The molecule has 31 heavy (non-hydrogen) atoms. The number of ether oxygens (including phenoxy) is 1. The van der Waals surface area contributed by atoms with Crippen LogP contribution in [-0.4, -0.2) is 32.5 Å². The minimum atomic E-state index is -0.0439. The van der Waals surface area contributed by atoms with Gasteiger partial charge in [-0.2, -0.15) is 0 Å². The highest BCUT2D eigenvalue weighted by atomic mass is 16.5. The molecule has 0 amide bonds. The summed E-state index contributed by atoms with van der Waals surface area (Å²) in [5.41, 5.74) is 4.05. The molecule has 5 rings (SSSR count). The summed E-state index contributed by atoms with van der Waals surface area (Å²) in [7, 11) is 1.62. The normalized spacial score (nSPS) is 11.0. The van der Waals surface area contributed by atoms with Gasteiger partial charge in [0.1, 0.15) is 11.6 Å². The number of aromatic nitrogens is 4. The summed E-state index contributed by atoms with van der Waals surface area (Å²) in [6.45, 7) is 1.87. The third kappa shape index (κ3) is 3.26. The molecule has 152 valence electrons. The van der Waals surface area contributed by atoms with Gasteiger partial charge in [-0.05, 0) is 37.3 Å². The molecule has 7 nitrogen and oxygen atoms in total. The van der Waals surface area contributed by atoms with Crippen LogP contribution < -0.4 is 10.1 Å². The summed E-state index contributed by atoms with van der Waals surface area (Å²) in [4.78, 5) is 17.7. The molecule has 0 fully saturated rings. The third-order valence-corrected chi connectivity index (χ3v) is 5.14. The molecule has 7 heteroatoms. The number of anilines is 2. The van der Waals surface area contributed by atoms with Crippen LogP contribution in [-0.2, 0) is 0 Å². The van der Waals surface area contributed by atoms with E-state index in [2.05, 4.69) is 15.5 Å². The van der Waals surface area contributed by atoms with E-state index in [1.165, 1.54) is 0 Å². The van der Waals surface area contributed by atoms with Crippen LogP contribution in [0.5, 0.6) is 5.75 Å². The molecular weight excluding hydrogens is 390 g/mol. The Balaban J connectivity index is 1.66. The van der Waals surface area contributed by atoms with Crippen LogP contribution in [0.1, 0.15) is 21.7 Å². The lowest BCUT2D eigenvalue weighted by atomic mass is 10.0. The Bertz CT molecular complexity index is 1430. The molecule has 5 aromatic rings. The Morgan fingerprint density at radius 1 is 0.935 bits per heavy atom. The number of ketones is 1. The quantitative estimate of drug-likeness (QED) is 0.428. The van der Waals surface area contributed by atoms with Gasteiger partial charge in [-0.1, -0.05) is 42.5 Å². The molecule has 1 N–H and O–H groups in total. The van der Waals surface area contributed by atoms with Crippen molar-refractivity contribution in [2.45, 2.75) is 6.92 Å². The Morgan fingerprint density at radius 3 is 2.52 bits per heavy atom. The Labute approximate surface area is 178 Å². The fraction of sp³-hybridized carbons (Fsp3) is 0.0833. The van der Waals surface area contributed by atoms with Gasteiger partial charge in [-0.15, -0.1) is 10.2 Å². The molecule has 0 saturated carbocycles. The molecule has 2 heterocycles. The Morgan fingerprint density at radius 2 is 1.71 bits per heavy atom. The van der Waals surface area contributed by atoms with Crippen molar-refractivity contribution in [2.24, 2.45) is 0 Å². The van der Waals surface area contributed by atoms with Crippen molar-refractivity contribution >= 4 is 34.0 Å². The maximum atomic E-state index is 12.9. The third-order valence-electron chi connectivity index (χ3n) is 5.14. The number of rotatable bonds is 5. The van der Waals surface area contributed by atoms with Gasteiger partial charge in [-0.25, -0.2) is 4.98 Å². The molecule has 0 unspecified atom stereocenters. The summed E-state index contributed by atoms with van der Waals surface area (Å²) in [5, 5.41) is 11.9. The van der Waals surface area contributed by atoms with Gasteiger partial charge in [0, 0.05) is 11.1 Å². The minimum absolute atomic E-state index is 0.0439. The van der Waals surface area contributed by atoms with E-state index in [4.69, 9.17) is 9.72 Å². The van der Waals surface area contributed by atoms with Crippen LogP contribution >= 0.6 is 0 Å². The van der Waals surface area contributed by atoms with Crippen molar-refractivity contribution in [3.8, 4) is 5.75 Å². The monoisotopic (exact) mass is 409 g/mol. The fourth-order valence-electron chi connectivity index (χ4n) is 3.63. The van der Waals surface area contributed by atoms with Crippen molar-refractivity contribution in [1.82, 2.24) is 19.6 Å². The maximum Gasteiger partial charge on any atom is 0.204 e. The van der Waals surface area contributed by atoms with E-state index in [1.54, 1.807) is 13.2 Å². The lowest BCUT2D eigenvalue weighted by Gasteiger charge is -2.13. The van der Waals surface area contributed by atoms with E-state index in [0.717, 1.165) is 16.7 Å². The standard InChI is InChI=1S/C24H19N5O2/c1-15-27-28-24-23(26-19-10-6-7-11-21(19)31-2)25-18-13-12-17(14-20(18)29(15)24)22(30)16-8-4-3-5-9-16/h3-14H,1-2H3,(H,25,26). The molecule has 0 saturated heterocycles. The van der Waals surface area contributed by atoms with E-state index in [-0.39, 0.29) is 5.78 Å². The smallest absolute Gasteiger partial charge is 0.204 e. The summed E-state index contributed by atoms with van der Waals surface area (Å²) >= 11 is 0. The second-order valence-electron chi connectivity index (χ2n) is 7.09. The van der Waals surface area contributed by atoms with Crippen molar-refractivity contribution in [1.29, 1.82) is 0 Å². The average molecular weight is 409 g/mol. The number of nitrogens with one attached hydrogen (secondary N) is 1. The molecule has 0 atom stereocenters. The number of hydrogen-bond donors (Lipinski definition) is 1. The van der Waals surface area contributed by atoms with E-state index < -0.39 is 0 Å². The zero-order chi connectivity index (χ0) is 21.4. The molecule has 0 aliphatic rings. The molecule has 0 aliphatic carbocycles. The molecule has 2 aromatic heterocycles. The zero-order valence-electron chi connectivity index (χ0n) is 17.0. The van der Waals surface area contributed by atoms with Crippen LogP contribution in [0.4, 0.5) is 11.5 Å². The van der Waals surface area contributed by atoms with E-state index in [0.29, 0.717) is 34.2 Å². The molecule has 0 spiro atoms. The van der Waals surface area contributed by atoms with Crippen LogP contribution in [0, 0.1) is 6.92 Å². The number of benzene rings is 3. The first kappa shape index (κ1) is 18.7. The number of carbonyl (C=O) groups is 1. The van der Waals surface area contributed by atoms with Gasteiger partial charge >= 0.3 is 0 Å². The van der Waals surface area contributed by atoms with Gasteiger partial charge in [-0.3, -0.25) is 9.20 Å². The summed E-state index contributed by atoms with van der Waals surface area (Å²) in [5.74, 6) is 1.91. The first-order valence-electron chi connectivity index (χ1n) is 9.81. The van der Waals surface area contributed by atoms with Crippen LogP contribution in [0.3, 0.4) is 0 Å². The average Bonchev–Trinajstić information content (AvgIpc) is 3.21. The van der Waals surface area contributed by atoms with Crippen molar-refractivity contribution in [2.75, 3.05) is 12.4 Å². The van der Waals surface area contributed by atoms with Crippen LogP contribution in [0.2, 0.25) is 0 Å². The number of para-hydroxylation sites is 2. The largest absolute Gasteiger partial charge is 0.495 e. The van der Waals surface area contributed by atoms with E-state index >= 15 is 0 Å². The minimum Gasteiger partial charge on any atom is -0.495 e. The highest BCUT2D eigenvalue weighted by molar-refractivity contribution is 6.10. The van der Waals surface area contributed by atoms with E-state index in [1.807, 2.05) is 78.1 Å². The summed E-state index contributed by atoms with van der Waals surface area (Å²) < 4.78 is 7.34. The number of carbonyl (C=O) groups excluding carboxylic acids is 1. The predicted molar refractivity (Wildman–Crippen MR) is 119 cm³/mol. The Hall–Kier alpha value is -4.26. The van der Waals surface area contributed by atoms with Crippen molar-refractivity contribution in [3.63, 3.8) is 0 Å². The topological polar surface area (TPSA) is 81.4 Å². The first-order valence-corrected chi connectivity index (χ1v) is 9.81. The lowest BCUT2D eigenvalue weighted by Crippen LogP contribution is -2.05. The number of hydrogen-bond acceptors (Lipinski definition) is 6. The molecule has 0 aliphatic heterocycles. The van der Waals surface area contributed by atoms with Crippen LogP contribution in [0.25, 0.3) is 16.7 Å². The number of fused-ring (bicyclic) bond motifs is 3. The number of nitrogens with zero attached hydrogens (tertiary/aromatic N) is 4. The van der Waals surface area contributed by atoms with Crippen LogP contribution in [0.15, 0.2) is 72.8 Å². The van der Waals surface area contributed by atoms with Crippen molar-refractivity contribution in [3.05, 3.63) is 89.7 Å². The number of aryl methyl sites for hydroxylation is 1. The lowest BCUT2D eigenvalue weighted by molar-refractivity contribution is 0.103. The summed E-state index contributed by atoms with van der Waals surface area (Å²) in [6.07, 6.45) is 0. The van der Waals surface area contributed by atoms with Gasteiger partial charge in [0.15, 0.2) is 11.6 Å². The van der Waals surface area contributed by atoms with Gasteiger partial charge in [0.05, 0.1) is 23.8 Å². The van der Waals surface area contributed by atoms with Gasteiger partial charge < -0.3 is 10.1 Å². The highest BCUT2D eigenvalue weighted by Gasteiger charge is 2.17. The fourth-order valence-corrected chi connectivity index (χ4v) is 3.63. The van der Waals surface area contributed by atoms with E-state index in [9.17, 15) is 4.79 Å². The Kier molecular flexibility index (Phi) is 4.55. The summed E-state index contributed by atoms with van der Waals surface area (Å²) in [6, 6.07) is 22.3. The highest BCUT2D eigenvalue weighted by Crippen LogP contribution is 2.30. The maximum absolute atomic E-state index is 12.9. The molecule has 0 bridgehead atoms. The van der Waals surface area contributed by atoms with Gasteiger partial charge in [0.25, 0.3) is 0 Å². The van der Waals surface area contributed by atoms with Gasteiger partial charge in [0.2, 0.25) is 5.65 Å². The second-order valence-corrected chi connectivity index (χ2v) is 7.09.